The molecule has 0 unspecified atom stereocenters. The lowest BCUT2D eigenvalue weighted by atomic mass is 10.0. The molecule has 1 aromatic heterocycles. The van der Waals surface area contributed by atoms with Crippen molar-refractivity contribution < 1.29 is 22.7 Å². The van der Waals surface area contributed by atoms with Gasteiger partial charge in [-0.3, -0.25) is 4.79 Å². The van der Waals surface area contributed by atoms with Gasteiger partial charge in [0.2, 0.25) is 0 Å². The lowest BCUT2D eigenvalue weighted by molar-refractivity contribution is -0.137. The van der Waals surface area contributed by atoms with Gasteiger partial charge in [0, 0.05) is 11.3 Å². The molecule has 0 atom stereocenters. The number of H-pyrrole nitrogens is 1. The van der Waals surface area contributed by atoms with Gasteiger partial charge in [0.15, 0.2) is 0 Å². The number of amides is 1. The van der Waals surface area contributed by atoms with Crippen LogP contribution in [0.15, 0.2) is 54.6 Å². The van der Waals surface area contributed by atoms with E-state index in [9.17, 15) is 18.0 Å². The highest BCUT2D eigenvalue weighted by Gasteiger charge is 2.30. The number of nitrogens with two attached hydrogens (primary N) is 1. The Balaban J connectivity index is 1.97. The van der Waals surface area contributed by atoms with E-state index in [1.165, 1.54) is 19.2 Å². The van der Waals surface area contributed by atoms with Crippen molar-refractivity contribution in [3.63, 3.8) is 0 Å². The molecule has 0 aliphatic rings. The largest absolute Gasteiger partial charge is 0.496 e. The van der Waals surface area contributed by atoms with Crippen LogP contribution < -0.4 is 10.5 Å². The van der Waals surface area contributed by atoms with Gasteiger partial charge in [0.25, 0.3) is 5.91 Å². The average Bonchev–Trinajstić information content (AvgIpc) is 3.11. The molecule has 0 spiro atoms. The third-order valence-corrected chi connectivity index (χ3v) is 3.99. The number of carbonyl (C=O) groups excluding carboxylic acids is 1. The van der Waals surface area contributed by atoms with E-state index in [0.717, 1.165) is 12.1 Å². The molecule has 0 saturated carbocycles. The van der Waals surface area contributed by atoms with Crippen LogP contribution in [0.4, 0.5) is 13.2 Å². The van der Waals surface area contributed by atoms with Gasteiger partial charge in [0.05, 0.1) is 12.7 Å². The van der Waals surface area contributed by atoms with Crippen molar-refractivity contribution >= 4 is 5.91 Å². The van der Waals surface area contributed by atoms with Crippen molar-refractivity contribution in [1.82, 2.24) is 4.98 Å². The van der Waals surface area contributed by atoms with Crippen molar-refractivity contribution in [3.8, 4) is 28.1 Å². The highest BCUT2D eigenvalue weighted by atomic mass is 19.4. The number of ether oxygens (including phenoxy) is 1. The highest BCUT2D eigenvalue weighted by molar-refractivity contribution is 5.92. The summed E-state index contributed by atoms with van der Waals surface area (Å²) in [5.74, 6) is -0.0585. The average molecular weight is 360 g/mol. The Labute approximate surface area is 147 Å². The van der Waals surface area contributed by atoms with Crippen LogP contribution in [0.25, 0.3) is 22.4 Å². The number of halogens is 3. The molecule has 134 valence electrons. The maximum absolute atomic E-state index is 12.7. The summed E-state index contributed by atoms with van der Waals surface area (Å²) in [5, 5.41) is 0. The molecule has 7 heteroatoms. The molecule has 3 aromatic rings. The van der Waals surface area contributed by atoms with Crippen LogP contribution in [0.1, 0.15) is 16.1 Å². The number of aromatic nitrogens is 1. The molecule has 3 rings (SSSR count). The monoisotopic (exact) mass is 360 g/mol. The number of hydrogen-bond acceptors (Lipinski definition) is 2. The minimum atomic E-state index is -4.37. The molecule has 0 aliphatic carbocycles. The maximum Gasteiger partial charge on any atom is 0.416 e. The van der Waals surface area contributed by atoms with Gasteiger partial charge in [-0.2, -0.15) is 13.2 Å². The number of hydrogen-bond donors (Lipinski definition) is 2. The molecule has 4 nitrogen and oxygen atoms in total. The number of benzene rings is 2. The van der Waals surface area contributed by atoms with Crippen LogP contribution >= 0.6 is 0 Å². The van der Waals surface area contributed by atoms with E-state index in [4.69, 9.17) is 10.5 Å². The Kier molecular flexibility index (Phi) is 4.46. The van der Waals surface area contributed by atoms with E-state index >= 15 is 0 Å². The van der Waals surface area contributed by atoms with Crippen LogP contribution in [0.5, 0.6) is 5.75 Å². The lowest BCUT2D eigenvalue weighted by Crippen LogP contribution is -2.10. The van der Waals surface area contributed by atoms with Gasteiger partial charge in [-0.15, -0.1) is 0 Å². The van der Waals surface area contributed by atoms with Crippen molar-refractivity contribution in [2.45, 2.75) is 6.18 Å². The normalized spacial score (nSPS) is 11.4. The number of aromatic amines is 1. The van der Waals surface area contributed by atoms with E-state index in [2.05, 4.69) is 4.98 Å². The van der Waals surface area contributed by atoms with Gasteiger partial charge >= 0.3 is 6.18 Å². The summed E-state index contributed by atoms with van der Waals surface area (Å²) in [6, 6.07) is 13.4. The molecule has 1 amide bonds. The van der Waals surface area contributed by atoms with Crippen LogP contribution in [-0.4, -0.2) is 18.0 Å². The summed E-state index contributed by atoms with van der Waals surface area (Å²) in [7, 11) is 1.49. The van der Waals surface area contributed by atoms with Crippen molar-refractivity contribution in [2.75, 3.05) is 7.11 Å². The zero-order chi connectivity index (χ0) is 18.9. The SMILES string of the molecule is COc1cc(-c2ccc(C(F)(F)F)cc2)ccc1-c1ccc(C(N)=O)[nH]1. The summed E-state index contributed by atoms with van der Waals surface area (Å²) in [5.41, 5.74) is 7.50. The first-order chi connectivity index (χ1) is 12.3. The predicted octanol–water partition coefficient (Wildman–Crippen LogP) is 4.48. The van der Waals surface area contributed by atoms with Gasteiger partial charge in [-0.05, 0) is 47.5 Å². The third kappa shape index (κ3) is 3.42. The molecular weight excluding hydrogens is 345 g/mol. The predicted molar refractivity (Wildman–Crippen MR) is 91.7 cm³/mol. The summed E-state index contributed by atoms with van der Waals surface area (Å²) in [4.78, 5) is 14.1. The van der Waals surface area contributed by atoms with Gasteiger partial charge in [0.1, 0.15) is 11.4 Å². The van der Waals surface area contributed by atoms with E-state index in [-0.39, 0.29) is 5.69 Å². The zero-order valence-corrected chi connectivity index (χ0v) is 13.7. The second-order valence-corrected chi connectivity index (χ2v) is 5.64. The maximum atomic E-state index is 12.7. The molecular formula is C19H15F3N2O2. The lowest BCUT2D eigenvalue weighted by Gasteiger charge is -2.11. The standard InChI is InChI=1S/C19H15F3N2O2/c1-26-17-10-12(11-2-5-13(6-3-11)19(20,21)22)4-7-14(17)15-8-9-16(24-15)18(23)25/h2-10,24H,1H3,(H2,23,25). The van der Waals surface area contributed by atoms with E-state index in [0.29, 0.717) is 28.1 Å². The van der Waals surface area contributed by atoms with Crippen LogP contribution in [0.2, 0.25) is 0 Å². The molecule has 0 bridgehead atoms. The number of carbonyl (C=O) groups is 1. The van der Waals surface area contributed by atoms with Crippen LogP contribution in [0.3, 0.4) is 0 Å². The minimum absolute atomic E-state index is 0.272. The fraction of sp³-hybridized carbons (Fsp3) is 0.105. The van der Waals surface area contributed by atoms with E-state index < -0.39 is 17.6 Å². The third-order valence-electron chi connectivity index (χ3n) is 3.99. The Morgan fingerprint density at radius 1 is 1.00 bits per heavy atom. The molecule has 1 heterocycles. The van der Waals surface area contributed by atoms with Crippen molar-refractivity contribution in [1.29, 1.82) is 0 Å². The Morgan fingerprint density at radius 2 is 1.65 bits per heavy atom. The number of alkyl halides is 3. The minimum Gasteiger partial charge on any atom is -0.496 e. The second-order valence-electron chi connectivity index (χ2n) is 5.64. The Morgan fingerprint density at radius 3 is 2.19 bits per heavy atom. The quantitative estimate of drug-likeness (QED) is 0.721. The zero-order valence-electron chi connectivity index (χ0n) is 13.7. The van der Waals surface area contributed by atoms with Gasteiger partial charge < -0.3 is 15.5 Å². The fourth-order valence-electron chi connectivity index (χ4n) is 2.64. The van der Waals surface area contributed by atoms with Crippen molar-refractivity contribution in [2.24, 2.45) is 5.73 Å². The first-order valence-corrected chi connectivity index (χ1v) is 7.64. The summed E-state index contributed by atoms with van der Waals surface area (Å²) >= 11 is 0. The number of primary amides is 1. The fourth-order valence-corrected chi connectivity index (χ4v) is 2.64. The number of nitrogens with one attached hydrogen (secondary N) is 1. The molecule has 0 radical (unpaired) electrons. The molecule has 0 saturated heterocycles. The van der Waals surface area contributed by atoms with Crippen LogP contribution in [-0.2, 0) is 6.18 Å². The number of methoxy groups -OCH3 is 1. The number of rotatable bonds is 4. The summed E-state index contributed by atoms with van der Waals surface area (Å²) < 4.78 is 43.4. The topological polar surface area (TPSA) is 68.1 Å². The first kappa shape index (κ1) is 17.6. The van der Waals surface area contributed by atoms with E-state index in [1.807, 2.05) is 0 Å². The molecule has 0 fully saturated rings. The first-order valence-electron chi connectivity index (χ1n) is 7.64. The summed E-state index contributed by atoms with van der Waals surface area (Å²) in [6.45, 7) is 0. The van der Waals surface area contributed by atoms with E-state index in [1.54, 1.807) is 30.3 Å². The molecule has 26 heavy (non-hydrogen) atoms. The Bertz CT molecular complexity index is 944. The molecule has 0 aliphatic heterocycles. The Hall–Kier alpha value is -3.22. The van der Waals surface area contributed by atoms with Gasteiger partial charge in [-0.1, -0.05) is 18.2 Å². The second kappa shape index (κ2) is 6.59. The highest BCUT2D eigenvalue weighted by Crippen LogP contribution is 2.35. The van der Waals surface area contributed by atoms with Crippen molar-refractivity contribution in [3.05, 3.63) is 65.9 Å². The smallest absolute Gasteiger partial charge is 0.416 e. The summed E-state index contributed by atoms with van der Waals surface area (Å²) in [6.07, 6.45) is -4.37. The molecule has 2 aromatic carbocycles. The molecule has 3 N–H and O–H groups in total. The van der Waals surface area contributed by atoms with Crippen LogP contribution in [0, 0.1) is 0 Å². The van der Waals surface area contributed by atoms with Gasteiger partial charge in [-0.25, -0.2) is 0 Å².